The Morgan fingerprint density at radius 1 is 1.28 bits per heavy atom. The van der Waals surface area contributed by atoms with Crippen LogP contribution in [0.3, 0.4) is 0 Å². The molecule has 1 aromatic rings. The average molecular weight is 265 g/mol. The predicted molar refractivity (Wildman–Crippen MR) is 74.1 cm³/mol. The van der Waals surface area contributed by atoms with Crippen molar-refractivity contribution in [2.45, 2.75) is 31.0 Å². The van der Waals surface area contributed by atoms with Crippen LogP contribution in [0.1, 0.15) is 24.2 Å². The first-order valence-corrected chi connectivity index (χ1v) is 7.42. The van der Waals surface area contributed by atoms with E-state index in [4.69, 9.17) is 4.74 Å². The van der Waals surface area contributed by atoms with Gasteiger partial charge < -0.3 is 9.64 Å². The van der Waals surface area contributed by atoms with Crippen LogP contribution in [-0.2, 0) is 4.74 Å². The summed E-state index contributed by atoms with van der Waals surface area (Å²) in [6.07, 6.45) is 2.22. The number of nitrogens with zero attached hydrogens (tertiary/aromatic N) is 1. The zero-order valence-electron chi connectivity index (χ0n) is 11.1. The van der Waals surface area contributed by atoms with Crippen molar-refractivity contribution in [2.24, 2.45) is 0 Å². The molecule has 0 radical (unpaired) electrons. The van der Waals surface area contributed by atoms with Gasteiger partial charge in [-0.2, -0.15) is 0 Å². The van der Waals surface area contributed by atoms with Gasteiger partial charge in [0.15, 0.2) is 0 Å². The van der Waals surface area contributed by atoms with E-state index in [0.29, 0.717) is 13.1 Å². The highest BCUT2D eigenvalue weighted by Gasteiger charge is 2.27. The molecule has 1 aromatic carbocycles. The van der Waals surface area contributed by atoms with Gasteiger partial charge in [-0.3, -0.25) is 4.79 Å². The first-order valence-electron chi connectivity index (χ1n) is 6.19. The Labute approximate surface area is 113 Å². The third-order valence-corrected chi connectivity index (χ3v) is 3.84. The van der Waals surface area contributed by atoms with Crippen molar-refractivity contribution in [3.8, 4) is 0 Å². The lowest BCUT2D eigenvalue weighted by Crippen LogP contribution is -2.48. The molecule has 0 N–H and O–H groups in total. The van der Waals surface area contributed by atoms with E-state index in [2.05, 4.69) is 0 Å². The maximum Gasteiger partial charge on any atom is 0.255 e. The summed E-state index contributed by atoms with van der Waals surface area (Å²) in [5.41, 5.74) is 0.798. The van der Waals surface area contributed by atoms with Crippen molar-refractivity contribution in [1.29, 1.82) is 0 Å². The molecule has 0 unspecified atom stereocenters. The summed E-state index contributed by atoms with van der Waals surface area (Å²) in [6, 6.07) is 7.78. The highest BCUT2D eigenvalue weighted by Crippen LogP contribution is 2.23. The molecule has 1 heterocycles. The average Bonchev–Trinajstić information content (AvgIpc) is 2.36. The Morgan fingerprint density at radius 2 is 1.89 bits per heavy atom. The summed E-state index contributed by atoms with van der Waals surface area (Å²) in [6.45, 7) is 5.37. The molecule has 98 valence electrons. The summed E-state index contributed by atoms with van der Waals surface area (Å²) in [5.74, 6) is 0.113. The number of ether oxygens (including phenoxy) is 1. The van der Waals surface area contributed by atoms with Gasteiger partial charge in [-0.1, -0.05) is 12.1 Å². The molecule has 1 aliphatic rings. The first kappa shape index (κ1) is 13.4. The summed E-state index contributed by atoms with van der Waals surface area (Å²) in [4.78, 5) is 15.5. The maximum absolute atomic E-state index is 12.5. The lowest BCUT2D eigenvalue weighted by molar-refractivity contribution is -0.0586. The predicted octanol–water partition coefficient (Wildman–Crippen LogP) is 2.66. The van der Waals surface area contributed by atoms with Crippen molar-refractivity contribution in [2.75, 3.05) is 19.3 Å². The summed E-state index contributed by atoms with van der Waals surface area (Å²) >= 11 is 1.61. The van der Waals surface area contributed by atoms with E-state index in [1.807, 2.05) is 49.3 Å². The first-order chi connectivity index (χ1) is 8.61. The van der Waals surface area contributed by atoms with Crippen LogP contribution < -0.4 is 0 Å². The summed E-state index contributed by atoms with van der Waals surface area (Å²) in [5, 5.41) is 0. The SMILES string of the molecule is CSc1ccccc1C(=O)N1C[C@@H](C)O[C@H](C)C1. The minimum Gasteiger partial charge on any atom is -0.372 e. The molecule has 0 bridgehead atoms. The van der Waals surface area contributed by atoms with Crippen LogP contribution in [0.4, 0.5) is 0 Å². The number of carbonyl (C=O) groups excluding carboxylic acids is 1. The molecule has 0 spiro atoms. The lowest BCUT2D eigenvalue weighted by atomic mass is 10.1. The number of carbonyl (C=O) groups is 1. The van der Waals surface area contributed by atoms with Crippen LogP contribution in [0.15, 0.2) is 29.2 Å². The number of benzene rings is 1. The van der Waals surface area contributed by atoms with Gasteiger partial charge in [0.1, 0.15) is 0 Å². The molecule has 1 amide bonds. The minimum atomic E-state index is 0.110. The fourth-order valence-electron chi connectivity index (χ4n) is 2.34. The molecule has 18 heavy (non-hydrogen) atoms. The van der Waals surface area contributed by atoms with Gasteiger partial charge >= 0.3 is 0 Å². The van der Waals surface area contributed by atoms with E-state index in [1.54, 1.807) is 11.8 Å². The molecule has 0 saturated carbocycles. The highest BCUT2D eigenvalue weighted by atomic mass is 32.2. The highest BCUT2D eigenvalue weighted by molar-refractivity contribution is 7.98. The van der Waals surface area contributed by atoms with E-state index in [-0.39, 0.29) is 18.1 Å². The fourth-order valence-corrected chi connectivity index (χ4v) is 2.93. The smallest absolute Gasteiger partial charge is 0.255 e. The number of morpholine rings is 1. The largest absolute Gasteiger partial charge is 0.372 e. The maximum atomic E-state index is 12.5. The van der Waals surface area contributed by atoms with Crippen molar-refractivity contribution in [3.05, 3.63) is 29.8 Å². The van der Waals surface area contributed by atoms with Crippen molar-refractivity contribution in [3.63, 3.8) is 0 Å². The molecule has 0 aromatic heterocycles. The topological polar surface area (TPSA) is 29.5 Å². The monoisotopic (exact) mass is 265 g/mol. The Balaban J connectivity index is 2.20. The molecule has 1 fully saturated rings. The zero-order valence-corrected chi connectivity index (χ0v) is 11.9. The Bertz CT molecular complexity index is 426. The minimum absolute atomic E-state index is 0.110. The number of thioether (sulfide) groups is 1. The normalized spacial score (nSPS) is 24.1. The molecule has 2 rings (SSSR count). The zero-order chi connectivity index (χ0) is 13.1. The molecule has 1 saturated heterocycles. The van der Waals surface area contributed by atoms with Gasteiger partial charge in [-0.15, -0.1) is 11.8 Å². The van der Waals surface area contributed by atoms with Crippen molar-refractivity contribution >= 4 is 17.7 Å². The van der Waals surface area contributed by atoms with E-state index in [1.165, 1.54) is 0 Å². The molecule has 1 aliphatic heterocycles. The Morgan fingerprint density at radius 3 is 2.50 bits per heavy atom. The second-order valence-corrected chi connectivity index (χ2v) is 5.52. The fraction of sp³-hybridized carbons (Fsp3) is 0.500. The third-order valence-electron chi connectivity index (χ3n) is 3.04. The van der Waals surface area contributed by atoms with Crippen LogP contribution in [0.5, 0.6) is 0 Å². The number of amides is 1. The van der Waals surface area contributed by atoms with Crippen LogP contribution in [0, 0.1) is 0 Å². The van der Waals surface area contributed by atoms with Gasteiger partial charge in [-0.05, 0) is 32.2 Å². The number of hydrogen-bond acceptors (Lipinski definition) is 3. The molecular weight excluding hydrogens is 246 g/mol. The molecular formula is C14H19NO2S. The molecule has 0 aliphatic carbocycles. The van der Waals surface area contributed by atoms with Crippen LogP contribution in [-0.4, -0.2) is 42.4 Å². The van der Waals surface area contributed by atoms with E-state index in [9.17, 15) is 4.79 Å². The van der Waals surface area contributed by atoms with Gasteiger partial charge in [0.25, 0.3) is 5.91 Å². The van der Waals surface area contributed by atoms with Crippen LogP contribution in [0.2, 0.25) is 0 Å². The van der Waals surface area contributed by atoms with Gasteiger partial charge in [-0.25, -0.2) is 0 Å². The number of rotatable bonds is 2. The Kier molecular flexibility index (Phi) is 4.30. The molecule has 4 heteroatoms. The second-order valence-electron chi connectivity index (χ2n) is 4.67. The third kappa shape index (κ3) is 2.87. The van der Waals surface area contributed by atoms with E-state index < -0.39 is 0 Å². The molecule has 3 nitrogen and oxygen atoms in total. The summed E-state index contributed by atoms with van der Waals surface area (Å²) < 4.78 is 5.66. The van der Waals surface area contributed by atoms with Gasteiger partial charge in [0, 0.05) is 18.0 Å². The van der Waals surface area contributed by atoms with Gasteiger partial charge in [0.2, 0.25) is 0 Å². The van der Waals surface area contributed by atoms with Crippen LogP contribution in [0.25, 0.3) is 0 Å². The van der Waals surface area contributed by atoms with Crippen LogP contribution >= 0.6 is 11.8 Å². The van der Waals surface area contributed by atoms with E-state index >= 15 is 0 Å². The van der Waals surface area contributed by atoms with Crippen molar-refractivity contribution < 1.29 is 9.53 Å². The molecule has 2 atom stereocenters. The standard InChI is InChI=1S/C14H19NO2S/c1-10-8-15(9-11(2)17-10)14(16)12-6-4-5-7-13(12)18-3/h4-7,10-11H,8-9H2,1-3H3/t10-,11-/m1/s1. The summed E-state index contributed by atoms with van der Waals surface area (Å²) in [7, 11) is 0. The quantitative estimate of drug-likeness (QED) is 0.770. The lowest BCUT2D eigenvalue weighted by Gasteiger charge is -2.35. The van der Waals surface area contributed by atoms with E-state index in [0.717, 1.165) is 10.5 Å². The van der Waals surface area contributed by atoms with Gasteiger partial charge in [0.05, 0.1) is 17.8 Å². The second kappa shape index (κ2) is 5.76. The Hall–Kier alpha value is -1.00. The van der Waals surface area contributed by atoms with Crippen molar-refractivity contribution in [1.82, 2.24) is 4.90 Å². The number of hydrogen-bond donors (Lipinski definition) is 0.